The van der Waals surface area contributed by atoms with E-state index in [2.05, 4.69) is 10.0 Å². The molecule has 0 spiro atoms. The minimum atomic E-state index is -3.79. The van der Waals surface area contributed by atoms with Crippen LogP contribution >= 0.6 is 0 Å². The molecule has 1 atom stereocenters. The van der Waals surface area contributed by atoms with Crippen molar-refractivity contribution in [1.29, 1.82) is 0 Å². The SMILES string of the molecule is COc1ccc(S(=O)(=O)N[C@H](C)c2ccco2)cc1NC(C)=O. The fourth-order valence-electron chi connectivity index (χ4n) is 2.04. The van der Waals surface area contributed by atoms with Gasteiger partial charge in [0.15, 0.2) is 0 Å². The number of rotatable bonds is 6. The molecule has 1 aromatic heterocycles. The maximum absolute atomic E-state index is 12.5. The number of benzene rings is 1. The largest absolute Gasteiger partial charge is 0.495 e. The van der Waals surface area contributed by atoms with Crippen LogP contribution in [-0.2, 0) is 14.8 Å². The number of methoxy groups -OCH3 is 1. The van der Waals surface area contributed by atoms with Crippen LogP contribution in [0.2, 0.25) is 0 Å². The Morgan fingerprint density at radius 1 is 1.30 bits per heavy atom. The van der Waals surface area contributed by atoms with E-state index in [4.69, 9.17) is 9.15 Å². The van der Waals surface area contributed by atoms with Crippen molar-refractivity contribution in [2.24, 2.45) is 0 Å². The van der Waals surface area contributed by atoms with Crippen molar-refractivity contribution >= 4 is 21.6 Å². The van der Waals surface area contributed by atoms with Crippen LogP contribution in [0.1, 0.15) is 25.6 Å². The summed E-state index contributed by atoms with van der Waals surface area (Å²) in [6.45, 7) is 3.01. The predicted octanol–water partition coefficient (Wildman–Crippen LogP) is 2.29. The van der Waals surface area contributed by atoms with E-state index in [0.717, 1.165) is 0 Å². The van der Waals surface area contributed by atoms with Gasteiger partial charge in [0.2, 0.25) is 15.9 Å². The number of amides is 1. The molecule has 0 aliphatic carbocycles. The van der Waals surface area contributed by atoms with Gasteiger partial charge in [-0.15, -0.1) is 0 Å². The maximum Gasteiger partial charge on any atom is 0.241 e. The number of hydrogen-bond acceptors (Lipinski definition) is 5. The normalized spacial score (nSPS) is 12.7. The first-order chi connectivity index (χ1) is 10.8. The molecule has 0 fully saturated rings. The lowest BCUT2D eigenvalue weighted by Crippen LogP contribution is -2.26. The lowest BCUT2D eigenvalue weighted by Gasteiger charge is -2.14. The van der Waals surface area contributed by atoms with Gasteiger partial charge in [0.25, 0.3) is 0 Å². The molecule has 2 aromatic rings. The van der Waals surface area contributed by atoms with Crippen molar-refractivity contribution in [2.45, 2.75) is 24.8 Å². The van der Waals surface area contributed by atoms with Crippen LogP contribution < -0.4 is 14.8 Å². The van der Waals surface area contributed by atoms with E-state index >= 15 is 0 Å². The van der Waals surface area contributed by atoms with E-state index in [1.807, 2.05) is 0 Å². The molecular weight excluding hydrogens is 320 g/mol. The van der Waals surface area contributed by atoms with E-state index in [1.54, 1.807) is 19.1 Å². The van der Waals surface area contributed by atoms with Crippen molar-refractivity contribution < 1.29 is 22.4 Å². The van der Waals surface area contributed by atoms with Gasteiger partial charge in [0.1, 0.15) is 11.5 Å². The predicted molar refractivity (Wildman–Crippen MR) is 84.7 cm³/mol. The number of ether oxygens (including phenoxy) is 1. The van der Waals surface area contributed by atoms with Gasteiger partial charge in [0, 0.05) is 6.92 Å². The van der Waals surface area contributed by atoms with Crippen LogP contribution in [0.5, 0.6) is 5.75 Å². The number of anilines is 1. The summed E-state index contributed by atoms with van der Waals surface area (Å²) >= 11 is 0. The summed E-state index contributed by atoms with van der Waals surface area (Å²) in [6, 6.07) is 7.07. The van der Waals surface area contributed by atoms with Gasteiger partial charge in [0.05, 0.1) is 30.0 Å². The summed E-state index contributed by atoms with van der Waals surface area (Å²) in [5.41, 5.74) is 0.286. The van der Waals surface area contributed by atoms with Crippen LogP contribution in [0.15, 0.2) is 45.9 Å². The number of hydrogen-bond donors (Lipinski definition) is 2. The smallest absolute Gasteiger partial charge is 0.241 e. The Balaban J connectivity index is 2.30. The van der Waals surface area contributed by atoms with Crippen LogP contribution in [0.25, 0.3) is 0 Å². The molecule has 7 nitrogen and oxygen atoms in total. The molecule has 0 aliphatic rings. The second-order valence-corrected chi connectivity index (χ2v) is 6.62. The monoisotopic (exact) mass is 338 g/mol. The summed E-state index contributed by atoms with van der Waals surface area (Å²) in [5.74, 6) is 0.553. The summed E-state index contributed by atoms with van der Waals surface area (Å²) in [7, 11) is -2.35. The highest BCUT2D eigenvalue weighted by Gasteiger charge is 2.21. The Bertz CT molecular complexity index is 784. The number of furan rings is 1. The second-order valence-electron chi connectivity index (χ2n) is 4.90. The Morgan fingerprint density at radius 3 is 2.61 bits per heavy atom. The van der Waals surface area contributed by atoms with E-state index < -0.39 is 16.1 Å². The fraction of sp³-hybridized carbons (Fsp3) is 0.267. The molecule has 0 aliphatic heterocycles. The third-order valence-electron chi connectivity index (χ3n) is 3.09. The zero-order valence-electron chi connectivity index (χ0n) is 13.0. The molecule has 0 bridgehead atoms. The molecule has 8 heteroatoms. The van der Waals surface area contributed by atoms with E-state index in [0.29, 0.717) is 11.5 Å². The van der Waals surface area contributed by atoms with Gasteiger partial charge in [-0.05, 0) is 37.3 Å². The minimum absolute atomic E-state index is 0.0143. The molecule has 1 aromatic carbocycles. The zero-order valence-corrected chi connectivity index (χ0v) is 13.8. The molecule has 0 saturated heterocycles. The van der Waals surface area contributed by atoms with Gasteiger partial charge in [-0.3, -0.25) is 4.79 Å². The van der Waals surface area contributed by atoms with E-state index in [9.17, 15) is 13.2 Å². The lowest BCUT2D eigenvalue weighted by atomic mass is 10.3. The molecule has 0 radical (unpaired) electrons. The highest BCUT2D eigenvalue weighted by Crippen LogP contribution is 2.28. The van der Waals surface area contributed by atoms with Gasteiger partial charge in [-0.25, -0.2) is 13.1 Å². The van der Waals surface area contributed by atoms with Gasteiger partial charge in [-0.1, -0.05) is 0 Å². The van der Waals surface area contributed by atoms with E-state index in [-0.39, 0.29) is 16.5 Å². The summed E-state index contributed by atoms with van der Waals surface area (Å²) < 4.78 is 37.8. The van der Waals surface area contributed by atoms with Crippen LogP contribution in [-0.4, -0.2) is 21.4 Å². The molecular formula is C15H18N2O5S. The Kier molecular flexibility index (Phi) is 5.07. The first-order valence-corrected chi connectivity index (χ1v) is 8.33. The quantitative estimate of drug-likeness (QED) is 0.842. The summed E-state index contributed by atoms with van der Waals surface area (Å²) in [4.78, 5) is 11.2. The van der Waals surface area contributed by atoms with Gasteiger partial charge in [-0.2, -0.15) is 0 Å². The number of nitrogens with one attached hydrogen (secondary N) is 2. The Hall–Kier alpha value is -2.32. The molecule has 1 heterocycles. The highest BCUT2D eigenvalue weighted by molar-refractivity contribution is 7.89. The average molecular weight is 338 g/mol. The topological polar surface area (TPSA) is 97.6 Å². The van der Waals surface area contributed by atoms with Crippen molar-refractivity contribution in [3.8, 4) is 5.75 Å². The molecule has 0 unspecified atom stereocenters. The van der Waals surface area contributed by atoms with Crippen molar-refractivity contribution in [3.63, 3.8) is 0 Å². The average Bonchev–Trinajstić information content (AvgIpc) is 3.00. The second kappa shape index (κ2) is 6.84. The van der Waals surface area contributed by atoms with Crippen LogP contribution in [0.4, 0.5) is 5.69 Å². The molecule has 2 rings (SSSR count). The van der Waals surface area contributed by atoms with Crippen molar-refractivity contribution in [1.82, 2.24) is 4.72 Å². The number of sulfonamides is 1. The molecule has 0 saturated carbocycles. The number of carbonyl (C=O) groups excluding carboxylic acids is 1. The van der Waals surface area contributed by atoms with Gasteiger partial charge >= 0.3 is 0 Å². The standard InChI is InChI=1S/C15H18N2O5S/c1-10(14-5-4-8-22-14)17-23(19,20)12-6-7-15(21-3)13(9-12)16-11(2)18/h4-10,17H,1-3H3,(H,16,18)/t10-/m1/s1. The van der Waals surface area contributed by atoms with Crippen LogP contribution in [0, 0.1) is 0 Å². The zero-order chi connectivity index (χ0) is 17.0. The molecule has 23 heavy (non-hydrogen) atoms. The summed E-state index contributed by atoms with van der Waals surface area (Å²) in [5, 5.41) is 2.54. The molecule has 1 amide bonds. The lowest BCUT2D eigenvalue weighted by molar-refractivity contribution is -0.114. The highest BCUT2D eigenvalue weighted by atomic mass is 32.2. The number of carbonyl (C=O) groups is 1. The maximum atomic E-state index is 12.5. The Morgan fingerprint density at radius 2 is 2.04 bits per heavy atom. The van der Waals surface area contributed by atoms with Crippen LogP contribution in [0.3, 0.4) is 0 Å². The molecule has 2 N–H and O–H groups in total. The summed E-state index contributed by atoms with van der Waals surface area (Å²) in [6.07, 6.45) is 1.47. The first kappa shape index (κ1) is 17.0. The van der Waals surface area contributed by atoms with Crippen molar-refractivity contribution in [3.05, 3.63) is 42.4 Å². The van der Waals surface area contributed by atoms with Gasteiger partial charge < -0.3 is 14.5 Å². The van der Waals surface area contributed by atoms with Crippen molar-refractivity contribution in [2.75, 3.05) is 12.4 Å². The molecule has 124 valence electrons. The fourth-order valence-corrected chi connectivity index (χ4v) is 3.28. The van der Waals surface area contributed by atoms with E-state index in [1.165, 1.54) is 38.5 Å². The first-order valence-electron chi connectivity index (χ1n) is 6.85. The minimum Gasteiger partial charge on any atom is -0.495 e. The third-order valence-corrected chi connectivity index (χ3v) is 4.63. The Labute approximate surface area is 134 Å². The third kappa shape index (κ3) is 4.11.